The summed E-state index contributed by atoms with van der Waals surface area (Å²) in [6, 6.07) is 3.91. The van der Waals surface area contributed by atoms with Crippen LogP contribution in [0.2, 0.25) is 0 Å². The average molecular weight is 277 g/mol. The number of carboxylic acids is 1. The van der Waals surface area contributed by atoms with E-state index in [0.29, 0.717) is 23.8 Å². The van der Waals surface area contributed by atoms with Gasteiger partial charge in [0.1, 0.15) is 5.75 Å². The SMILES string of the molecule is Cc1cc(C)c(OCC2CCC2)c(C(CN)C(=O)O)c1. The van der Waals surface area contributed by atoms with Crippen LogP contribution < -0.4 is 10.5 Å². The fraction of sp³-hybridized carbons (Fsp3) is 0.562. The Bertz CT molecular complexity index is 495. The Labute approximate surface area is 119 Å². The first-order valence-electron chi connectivity index (χ1n) is 7.19. The fourth-order valence-electron chi connectivity index (χ4n) is 2.66. The summed E-state index contributed by atoms with van der Waals surface area (Å²) in [5, 5.41) is 9.33. The van der Waals surface area contributed by atoms with Crippen molar-refractivity contribution in [3.8, 4) is 5.75 Å². The first kappa shape index (κ1) is 14.9. The molecule has 0 aromatic heterocycles. The third-order valence-corrected chi connectivity index (χ3v) is 4.05. The lowest BCUT2D eigenvalue weighted by Gasteiger charge is -2.27. The Morgan fingerprint density at radius 2 is 2.15 bits per heavy atom. The van der Waals surface area contributed by atoms with Crippen LogP contribution in [0.1, 0.15) is 41.9 Å². The van der Waals surface area contributed by atoms with Gasteiger partial charge in [-0.1, -0.05) is 24.1 Å². The summed E-state index contributed by atoms with van der Waals surface area (Å²) in [5.41, 5.74) is 8.36. The quantitative estimate of drug-likeness (QED) is 0.838. The lowest BCUT2D eigenvalue weighted by atomic mass is 9.86. The number of hydrogen-bond acceptors (Lipinski definition) is 3. The van der Waals surface area contributed by atoms with Gasteiger partial charge < -0.3 is 15.6 Å². The monoisotopic (exact) mass is 277 g/mol. The van der Waals surface area contributed by atoms with Gasteiger partial charge in [-0.05, 0) is 38.2 Å². The van der Waals surface area contributed by atoms with Gasteiger partial charge in [-0.15, -0.1) is 0 Å². The summed E-state index contributed by atoms with van der Waals surface area (Å²) in [5.74, 6) is -0.277. The molecule has 2 rings (SSSR count). The summed E-state index contributed by atoms with van der Waals surface area (Å²) >= 11 is 0. The summed E-state index contributed by atoms with van der Waals surface area (Å²) in [6.07, 6.45) is 3.69. The first-order chi connectivity index (χ1) is 9.52. The van der Waals surface area contributed by atoms with E-state index in [2.05, 4.69) is 0 Å². The van der Waals surface area contributed by atoms with E-state index in [1.54, 1.807) is 0 Å². The molecule has 1 aromatic rings. The van der Waals surface area contributed by atoms with Crippen molar-refractivity contribution in [3.05, 3.63) is 28.8 Å². The van der Waals surface area contributed by atoms with Crippen molar-refractivity contribution >= 4 is 5.97 Å². The first-order valence-corrected chi connectivity index (χ1v) is 7.19. The van der Waals surface area contributed by atoms with E-state index in [0.717, 1.165) is 11.1 Å². The standard InChI is InChI=1S/C16H23NO3/c1-10-6-11(2)15(20-9-12-4-3-5-12)13(7-10)14(8-17)16(18)19/h6-7,12,14H,3-5,8-9,17H2,1-2H3,(H,18,19). The Morgan fingerprint density at radius 1 is 1.45 bits per heavy atom. The number of rotatable bonds is 6. The smallest absolute Gasteiger partial charge is 0.312 e. The molecule has 0 radical (unpaired) electrons. The molecule has 20 heavy (non-hydrogen) atoms. The molecule has 1 unspecified atom stereocenters. The third-order valence-electron chi connectivity index (χ3n) is 4.05. The summed E-state index contributed by atoms with van der Waals surface area (Å²) < 4.78 is 5.94. The molecule has 0 spiro atoms. The van der Waals surface area contributed by atoms with Gasteiger partial charge in [-0.2, -0.15) is 0 Å². The van der Waals surface area contributed by atoms with E-state index >= 15 is 0 Å². The highest BCUT2D eigenvalue weighted by Crippen LogP contribution is 2.34. The van der Waals surface area contributed by atoms with E-state index in [9.17, 15) is 9.90 Å². The van der Waals surface area contributed by atoms with Crippen molar-refractivity contribution in [1.82, 2.24) is 0 Å². The van der Waals surface area contributed by atoms with Crippen LogP contribution in [0.25, 0.3) is 0 Å². The summed E-state index contributed by atoms with van der Waals surface area (Å²) in [7, 11) is 0. The molecule has 1 saturated carbocycles. The minimum absolute atomic E-state index is 0.0814. The molecule has 0 aliphatic heterocycles. The van der Waals surface area contributed by atoms with Crippen LogP contribution in [0, 0.1) is 19.8 Å². The van der Waals surface area contributed by atoms with Crippen molar-refractivity contribution in [2.75, 3.05) is 13.2 Å². The summed E-state index contributed by atoms with van der Waals surface area (Å²) in [4.78, 5) is 11.4. The van der Waals surface area contributed by atoms with Crippen molar-refractivity contribution in [1.29, 1.82) is 0 Å². The van der Waals surface area contributed by atoms with Crippen molar-refractivity contribution < 1.29 is 14.6 Å². The number of aliphatic carboxylic acids is 1. The van der Waals surface area contributed by atoms with Gasteiger partial charge in [0.2, 0.25) is 0 Å². The second-order valence-corrected chi connectivity index (χ2v) is 5.73. The molecule has 4 heteroatoms. The van der Waals surface area contributed by atoms with E-state index < -0.39 is 11.9 Å². The number of hydrogen-bond donors (Lipinski definition) is 2. The predicted octanol–water partition coefficient (Wildman–Crippen LogP) is 2.61. The number of ether oxygens (including phenoxy) is 1. The predicted molar refractivity (Wildman–Crippen MR) is 78.2 cm³/mol. The molecule has 0 heterocycles. The highest BCUT2D eigenvalue weighted by molar-refractivity contribution is 5.78. The number of nitrogens with two attached hydrogens (primary N) is 1. The highest BCUT2D eigenvalue weighted by Gasteiger charge is 2.25. The zero-order chi connectivity index (χ0) is 14.7. The van der Waals surface area contributed by atoms with E-state index in [1.807, 2.05) is 26.0 Å². The Kier molecular flexibility index (Phi) is 4.65. The molecule has 0 saturated heterocycles. The van der Waals surface area contributed by atoms with Crippen LogP contribution in [0.5, 0.6) is 5.75 Å². The van der Waals surface area contributed by atoms with Crippen molar-refractivity contribution in [2.24, 2.45) is 11.7 Å². The minimum atomic E-state index is -0.897. The second-order valence-electron chi connectivity index (χ2n) is 5.73. The lowest BCUT2D eigenvalue weighted by Crippen LogP contribution is -2.24. The Hall–Kier alpha value is -1.55. The van der Waals surface area contributed by atoms with Crippen LogP contribution in [0.15, 0.2) is 12.1 Å². The molecule has 1 aliphatic rings. The third kappa shape index (κ3) is 3.12. The normalized spacial score (nSPS) is 16.6. The number of carboxylic acid groups (broad SMARTS) is 1. The van der Waals surface area contributed by atoms with Gasteiger partial charge in [0.25, 0.3) is 0 Å². The molecule has 1 aliphatic carbocycles. The molecule has 4 nitrogen and oxygen atoms in total. The fourth-order valence-corrected chi connectivity index (χ4v) is 2.66. The van der Waals surface area contributed by atoms with E-state index in [4.69, 9.17) is 10.5 Å². The molecule has 110 valence electrons. The van der Waals surface area contributed by atoms with Crippen LogP contribution in [0.4, 0.5) is 0 Å². The van der Waals surface area contributed by atoms with E-state index in [-0.39, 0.29) is 6.54 Å². The van der Waals surface area contributed by atoms with Crippen LogP contribution in [0.3, 0.4) is 0 Å². The average Bonchev–Trinajstić information content (AvgIpc) is 2.30. The largest absolute Gasteiger partial charge is 0.493 e. The van der Waals surface area contributed by atoms with Gasteiger partial charge in [-0.3, -0.25) is 4.79 Å². The Balaban J connectivity index is 2.28. The van der Waals surface area contributed by atoms with Gasteiger partial charge in [0, 0.05) is 12.1 Å². The van der Waals surface area contributed by atoms with Crippen LogP contribution >= 0.6 is 0 Å². The minimum Gasteiger partial charge on any atom is -0.493 e. The number of carbonyl (C=O) groups is 1. The Morgan fingerprint density at radius 3 is 2.65 bits per heavy atom. The van der Waals surface area contributed by atoms with Crippen molar-refractivity contribution in [3.63, 3.8) is 0 Å². The molecule has 1 aromatic carbocycles. The maximum Gasteiger partial charge on any atom is 0.312 e. The maximum absolute atomic E-state index is 11.4. The molecular weight excluding hydrogens is 254 g/mol. The molecule has 3 N–H and O–H groups in total. The van der Waals surface area contributed by atoms with Crippen molar-refractivity contribution in [2.45, 2.75) is 39.0 Å². The highest BCUT2D eigenvalue weighted by atomic mass is 16.5. The van der Waals surface area contributed by atoms with Gasteiger partial charge in [0.05, 0.1) is 12.5 Å². The number of aryl methyl sites for hydroxylation is 2. The molecule has 1 atom stereocenters. The number of benzene rings is 1. The molecule has 0 amide bonds. The van der Waals surface area contributed by atoms with Gasteiger partial charge >= 0.3 is 5.97 Å². The summed E-state index contributed by atoms with van der Waals surface area (Å²) in [6.45, 7) is 4.68. The van der Waals surface area contributed by atoms with Gasteiger partial charge in [-0.25, -0.2) is 0 Å². The zero-order valence-corrected chi connectivity index (χ0v) is 12.2. The topological polar surface area (TPSA) is 72.5 Å². The van der Waals surface area contributed by atoms with Crippen LogP contribution in [-0.2, 0) is 4.79 Å². The molecule has 1 fully saturated rings. The van der Waals surface area contributed by atoms with E-state index in [1.165, 1.54) is 19.3 Å². The molecule has 0 bridgehead atoms. The van der Waals surface area contributed by atoms with Crippen LogP contribution in [-0.4, -0.2) is 24.2 Å². The lowest BCUT2D eigenvalue weighted by molar-refractivity contribution is -0.138. The van der Waals surface area contributed by atoms with Gasteiger partial charge in [0.15, 0.2) is 0 Å². The second kappa shape index (κ2) is 6.27. The maximum atomic E-state index is 11.4. The molecular formula is C16H23NO3. The zero-order valence-electron chi connectivity index (χ0n) is 12.2.